The lowest BCUT2D eigenvalue weighted by Crippen LogP contribution is -2.34. The average Bonchev–Trinajstić information content (AvgIpc) is 3.39. The van der Waals surface area contributed by atoms with Gasteiger partial charge in [-0.2, -0.15) is 0 Å². The zero-order valence-corrected chi connectivity index (χ0v) is 17.1. The van der Waals surface area contributed by atoms with Crippen molar-refractivity contribution in [3.63, 3.8) is 0 Å². The molecular weight excluding hydrogens is 405 g/mol. The van der Waals surface area contributed by atoms with Crippen LogP contribution in [-0.4, -0.2) is 33.6 Å². The molecule has 0 spiro atoms. The number of para-hydroxylation sites is 1. The summed E-state index contributed by atoms with van der Waals surface area (Å²) in [5, 5.41) is 14.5. The molecule has 0 saturated carbocycles. The van der Waals surface area contributed by atoms with E-state index in [2.05, 4.69) is 20.8 Å². The number of likely N-dealkylation sites (tertiary alicyclic amines) is 1. The molecule has 2 N–H and O–H groups in total. The number of nitrogens with one attached hydrogen (secondary N) is 2. The first-order valence-corrected chi connectivity index (χ1v) is 10.4. The summed E-state index contributed by atoms with van der Waals surface area (Å²) < 4.78 is 13.3. The molecule has 30 heavy (non-hydrogen) atoms. The molecule has 0 bridgehead atoms. The first-order valence-electron chi connectivity index (χ1n) is 9.55. The number of anilines is 2. The number of rotatable bonds is 4. The van der Waals surface area contributed by atoms with Crippen LogP contribution in [0.25, 0.3) is 0 Å². The summed E-state index contributed by atoms with van der Waals surface area (Å²) >= 11 is 1.14. The number of carbonyl (C=O) groups excluding carboxylic acids is 2. The SMILES string of the molecule is Cc1ccccc1NC(=O)N1CCCC1c1nnc(C(=O)Nc2cccc(F)c2)s1. The second kappa shape index (κ2) is 8.58. The van der Waals surface area contributed by atoms with Crippen LogP contribution in [0.3, 0.4) is 0 Å². The van der Waals surface area contributed by atoms with Crippen LogP contribution in [0.5, 0.6) is 0 Å². The van der Waals surface area contributed by atoms with E-state index in [1.807, 2.05) is 31.2 Å². The molecule has 3 aromatic rings. The minimum absolute atomic E-state index is 0.167. The number of hydrogen-bond acceptors (Lipinski definition) is 5. The third kappa shape index (κ3) is 4.30. The van der Waals surface area contributed by atoms with E-state index in [1.54, 1.807) is 11.0 Å². The van der Waals surface area contributed by atoms with Crippen molar-refractivity contribution in [2.24, 2.45) is 0 Å². The predicted octanol–water partition coefficient (Wildman–Crippen LogP) is 4.61. The van der Waals surface area contributed by atoms with E-state index in [-0.39, 0.29) is 17.1 Å². The first-order chi connectivity index (χ1) is 14.5. The standard InChI is InChI=1S/C21H20FN5O2S/c1-13-6-2-3-9-16(13)24-21(29)27-11-5-10-17(27)19-25-26-20(30-19)18(28)23-15-8-4-7-14(22)12-15/h2-4,6-9,12,17H,5,10-11H2,1H3,(H,23,28)(H,24,29). The van der Waals surface area contributed by atoms with E-state index in [4.69, 9.17) is 0 Å². The first kappa shape index (κ1) is 20.0. The van der Waals surface area contributed by atoms with Gasteiger partial charge in [-0.25, -0.2) is 9.18 Å². The van der Waals surface area contributed by atoms with Gasteiger partial charge in [-0.15, -0.1) is 10.2 Å². The Kier molecular flexibility index (Phi) is 5.71. The van der Waals surface area contributed by atoms with E-state index in [9.17, 15) is 14.0 Å². The third-order valence-corrected chi connectivity index (χ3v) is 5.93. The Bertz CT molecular complexity index is 1090. The molecule has 154 valence electrons. The molecule has 1 aliphatic rings. The zero-order valence-electron chi connectivity index (χ0n) is 16.3. The lowest BCUT2D eigenvalue weighted by atomic mass is 10.2. The fourth-order valence-electron chi connectivity index (χ4n) is 3.38. The Balaban J connectivity index is 1.46. The average molecular weight is 425 g/mol. The summed E-state index contributed by atoms with van der Waals surface area (Å²) in [5.41, 5.74) is 2.09. The van der Waals surface area contributed by atoms with Gasteiger partial charge < -0.3 is 15.5 Å². The van der Waals surface area contributed by atoms with Gasteiger partial charge in [-0.3, -0.25) is 4.79 Å². The molecule has 2 heterocycles. The summed E-state index contributed by atoms with van der Waals surface area (Å²) in [6.07, 6.45) is 1.59. The van der Waals surface area contributed by atoms with E-state index < -0.39 is 11.7 Å². The number of hydrogen-bond donors (Lipinski definition) is 2. The predicted molar refractivity (Wildman–Crippen MR) is 113 cm³/mol. The van der Waals surface area contributed by atoms with Crippen LogP contribution in [0, 0.1) is 12.7 Å². The Morgan fingerprint density at radius 2 is 1.97 bits per heavy atom. The highest BCUT2D eigenvalue weighted by Gasteiger charge is 2.33. The topological polar surface area (TPSA) is 87.2 Å². The van der Waals surface area contributed by atoms with Gasteiger partial charge in [0.1, 0.15) is 10.8 Å². The summed E-state index contributed by atoms with van der Waals surface area (Å²) in [5.74, 6) is -0.898. The van der Waals surface area contributed by atoms with Gasteiger partial charge in [0.25, 0.3) is 5.91 Å². The molecule has 1 fully saturated rings. The molecule has 1 atom stereocenters. The largest absolute Gasteiger partial charge is 0.322 e. The van der Waals surface area contributed by atoms with Crippen LogP contribution in [0.15, 0.2) is 48.5 Å². The van der Waals surface area contributed by atoms with Crippen molar-refractivity contribution in [1.82, 2.24) is 15.1 Å². The maximum Gasteiger partial charge on any atom is 0.322 e. The zero-order chi connectivity index (χ0) is 21.1. The maximum absolute atomic E-state index is 13.3. The van der Waals surface area contributed by atoms with Gasteiger partial charge in [0.05, 0.1) is 6.04 Å². The molecule has 3 amide bonds. The summed E-state index contributed by atoms with van der Waals surface area (Å²) in [6.45, 7) is 2.54. The van der Waals surface area contributed by atoms with E-state index in [0.717, 1.165) is 35.4 Å². The molecule has 1 unspecified atom stereocenters. The maximum atomic E-state index is 13.3. The van der Waals surface area contributed by atoms with Crippen molar-refractivity contribution in [1.29, 1.82) is 0 Å². The highest BCUT2D eigenvalue weighted by molar-refractivity contribution is 7.13. The Labute approximate surface area is 176 Å². The Morgan fingerprint density at radius 3 is 2.77 bits per heavy atom. The number of carbonyl (C=O) groups is 2. The fraction of sp³-hybridized carbons (Fsp3) is 0.238. The monoisotopic (exact) mass is 425 g/mol. The molecule has 4 rings (SSSR count). The second-order valence-corrected chi connectivity index (χ2v) is 8.02. The summed E-state index contributed by atoms with van der Waals surface area (Å²) in [6, 6.07) is 12.8. The molecule has 9 heteroatoms. The number of benzene rings is 2. The van der Waals surface area contributed by atoms with Crippen molar-refractivity contribution in [3.8, 4) is 0 Å². The lowest BCUT2D eigenvalue weighted by molar-refractivity contribution is 0.102. The highest BCUT2D eigenvalue weighted by atomic mass is 32.1. The third-order valence-electron chi connectivity index (χ3n) is 4.90. The minimum Gasteiger partial charge on any atom is -0.320 e. The van der Waals surface area contributed by atoms with Crippen LogP contribution < -0.4 is 10.6 Å². The summed E-state index contributed by atoms with van der Waals surface area (Å²) in [4.78, 5) is 27.0. The number of halogens is 1. The van der Waals surface area contributed by atoms with Crippen molar-refractivity contribution in [2.45, 2.75) is 25.8 Å². The number of urea groups is 1. The van der Waals surface area contributed by atoms with Gasteiger partial charge in [0, 0.05) is 17.9 Å². The van der Waals surface area contributed by atoms with Crippen molar-refractivity contribution < 1.29 is 14.0 Å². The molecule has 1 aromatic heterocycles. The molecule has 7 nitrogen and oxygen atoms in total. The molecule has 1 saturated heterocycles. The Morgan fingerprint density at radius 1 is 1.13 bits per heavy atom. The smallest absolute Gasteiger partial charge is 0.320 e. The van der Waals surface area contributed by atoms with Crippen LogP contribution in [0.2, 0.25) is 0 Å². The van der Waals surface area contributed by atoms with Gasteiger partial charge in [0.15, 0.2) is 0 Å². The fourth-order valence-corrected chi connectivity index (χ4v) is 4.26. The van der Waals surface area contributed by atoms with E-state index >= 15 is 0 Å². The van der Waals surface area contributed by atoms with Crippen LogP contribution >= 0.6 is 11.3 Å². The van der Waals surface area contributed by atoms with Crippen molar-refractivity contribution in [3.05, 3.63) is 69.9 Å². The van der Waals surface area contributed by atoms with Crippen LogP contribution in [0.1, 0.15) is 39.3 Å². The van der Waals surface area contributed by atoms with E-state index in [1.165, 1.54) is 18.2 Å². The van der Waals surface area contributed by atoms with Gasteiger partial charge in [-0.05, 0) is 49.6 Å². The van der Waals surface area contributed by atoms with Gasteiger partial charge in [0.2, 0.25) is 5.01 Å². The quantitative estimate of drug-likeness (QED) is 0.639. The van der Waals surface area contributed by atoms with Crippen molar-refractivity contribution in [2.75, 3.05) is 17.2 Å². The number of nitrogens with zero attached hydrogens (tertiary/aromatic N) is 3. The number of aromatic nitrogens is 2. The Hall–Kier alpha value is -3.33. The molecular formula is C21H20FN5O2S. The second-order valence-electron chi connectivity index (χ2n) is 7.01. The van der Waals surface area contributed by atoms with Gasteiger partial charge >= 0.3 is 6.03 Å². The highest BCUT2D eigenvalue weighted by Crippen LogP contribution is 2.34. The van der Waals surface area contributed by atoms with E-state index in [0.29, 0.717) is 17.2 Å². The molecule has 0 aliphatic carbocycles. The molecule has 0 radical (unpaired) electrons. The number of aryl methyl sites for hydroxylation is 1. The summed E-state index contributed by atoms with van der Waals surface area (Å²) in [7, 11) is 0. The minimum atomic E-state index is -0.460. The molecule has 1 aliphatic heterocycles. The van der Waals surface area contributed by atoms with Crippen molar-refractivity contribution >= 4 is 34.6 Å². The number of amides is 3. The lowest BCUT2D eigenvalue weighted by Gasteiger charge is -2.23. The van der Waals surface area contributed by atoms with Gasteiger partial charge in [-0.1, -0.05) is 35.6 Å². The van der Waals surface area contributed by atoms with Crippen LogP contribution in [0.4, 0.5) is 20.6 Å². The molecule has 2 aromatic carbocycles. The van der Waals surface area contributed by atoms with Crippen LogP contribution in [-0.2, 0) is 0 Å². The normalized spacial score (nSPS) is 15.8.